The fourth-order valence-electron chi connectivity index (χ4n) is 2.60. The minimum atomic E-state index is 0.681. The highest BCUT2D eigenvalue weighted by Crippen LogP contribution is 2.24. The number of rotatable bonds is 4. The molecule has 0 saturated heterocycles. The first-order chi connectivity index (χ1) is 7.15. The van der Waals surface area contributed by atoms with E-state index in [1.54, 1.807) is 0 Å². The summed E-state index contributed by atoms with van der Waals surface area (Å²) in [5.41, 5.74) is 0. The summed E-state index contributed by atoms with van der Waals surface area (Å²) in [4.78, 5) is 0. The summed E-state index contributed by atoms with van der Waals surface area (Å²) in [6, 6.07) is 1.46. The molecule has 0 spiro atoms. The van der Waals surface area contributed by atoms with Crippen LogP contribution in [0.2, 0.25) is 0 Å². The quantitative estimate of drug-likeness (QED) is 0.694. The molecule has 0 amide bonds. The van der Waals surface area contributed by atoms with E-state index >= 15 is 0 Å². The predicted molar refractivity (Wildman–Crippen MR) is 68.1 cm³/mol. The average molecular weight is 211 g/mol. The van der Waals surface area contributed by atoms with Gasteiger partial charge in [0.25, 0.3) is 0 Å². The van der Waals surface area contributed by atoms with Gasteiger partial charge in [0.1, 0.15) is 0 Å². The van der Waals surface area contributed by atoms with Crippen molar-refractivity contribution in [1.29, 1.82) is 0 Å². The van der Waals surface area contributed by atoms with Crippen LogP contribution in [0.5, 0.6) is 0 Å². The lowest BCUT2D eigenvalue weighted by atomic mass is 9.93. The van der Waals surface area contributed by atoms with Gasteiger partial charge in [0, 0.05) is 12.1 Å². The van der Waals surface area contributed by atoms with E-state index in [1.165, 1.54) is 38.5 Å². The zero-order valence-electron chi connectivity index (χ0n) is 11.1. The van der Waals surface area contributed by atoms with E-state index in [4.69, 9.17) is 0 Å². The zero-order chi connectivity index (χ0) is 11.3. The van der Waals surface area contributed by atoms with Gasteiger partial charge in [0.05, 0.1) is 0 Å². The van der Waals surface area contributed by atoms with E-state index in [9.17, 15) is 0 Å². The van der Waals surface area contributed by atoms with Gasteiger partial charge in [-0.25, -0.2) is 0 Å². The minimum Gasteiger partial charge on any atom is -0.311 e. The molecule has 0 aromatic heterocycles. The molecular formula is C14H29N. The maximum Gasteiger partial charge on any atom is 0.00952 e. The van der Waals surface area contributed by atoms with Crippen molar-refractivity contribution in [3.63, 3.8) is 0 Å². The van der Waals surface area contributed by atoms with Crippen LogP contribution in [0.15, 0.2) is 0 Å². The minimum absolute atomic E-state index is 0.681. The summed E-state index contributed by atoms with van der Waals surface area (Å²) in [7, 11) is 0. The normalized spacial score (nSPS) is 32.0. The lowest BCUT2D eigenvalue weighted by Gasteiger charge is -2.29. The second-order valence-electron chi connectivity index (χ2n) is 5.56. The van der Waals surface area contributed by atoms with Crippen LogP contribution in [0.25, 0.3) is 0 Å². The summed E-state index contributed by atoms with van der Waals surface area (Å²) in [6.45, 7) is 9.43. The van der Waals surface area contributed by atoms with Crippen LogP contribution in [0, 0.1) is 11.8 Å². The third-order valence-electron chi connectivity index (χ3n) is 4.34. The summed E-state index contributed by atoms with van der Waals surface area (Å²) in [6.07, 6.45) is 8.41. The Morgan fingerprint density at radius 2 is 1.80 bits per heavy atom. The summed E-state index contributed by atoms with van der Waals surface area (Å²) in [5, 5.41) is 3.86. The first-order valence-electron chi connectivity index (χ1n) is 6.91. The van der Waals surface area contributed by atoms with Gasteiger partial charge in [0.2, 0.25) is 0 Å². The Bertz CT molecular complexity index is 167. The highest BCUT2D eigenvalue weighted by molar-refractivity contribution is 4.80. The molecule has 1 N–H and O–H groups in total. The third-order valence-corrected chi connectivity index (χ3v) is 4.34. The van der Waals surface area contributed by atoms with Crippen molar-refractivity contribution in [1.82, 2.24) is 5.32 Å². The first-order valence-corrected chi connectivity index (χ1v) is 6.91. The Labute approximate surface area is 96.0 Å². The standard InChI is InChI=1S/C14H29N/c1-5-11(2)13(4)15-14-10-8-6-7-9-12(14)3/h11-15H,5-10H2,1-4H3. The molecule has 0 aromatic rings. The molecule has 0 bridgehead atoms. The van der Waals surface area contributed by atoms with Crippen molar-refractivity contribution in [3.05, 3.63) is 0 Å². The summed E-state index contributed by atoms with van der Waals surface area (Å²) in [5.74, 6) is 1.68. The van der Waals surface area contributed by atoms with Gasteiger partial charge >= 0.3 is 0 Å². The fraction of sp³-hybridized carbons (Fsp3) is 1.00. The van der Waals surface area contributed by atoms with Gasteiger partial charge in [-0.3, -0.25) is 0 Å². The number of hydrogen-bond donors (Lipinski definition) is 1. The molecule has 0 heterocycles. The van der Waals surface area contributed by atoms with Crippen molar-refractivity contribution in [2.45, 2.75) is 78.3 Å². The van der Waals surface area contributed by atoms with Gasteiger partial charge in [-0.1, -0.05) is 46.5 Å². The fourth-order valence-corrected chi connectivity index (χ4v) is 2.60. The molecule has 15 heavy (non-hydrogen) atoms. The Hall–Kier alpha value is -0.0400. The summed E-state index contributed by atoms with van der Waals surface area (Å²) < 4.78 is 0. The van der Waals surface area contributed by atoms with Crippen molar-refractivity contribution in [2.24, 2.45) is 11.8 Å². The molecule has 0 radical (unpaired) electrons. The smallest absolute Gasteiger partial charge is 0.00952 e. The van der Waals surface area contributed by atoms with E-state index in [2.05, 4.69) is 33.0 Å². The predicted octanol–water partition coefficient (Wildman–Crippen LogP) is 3.98. The van der Waals surface area contributed by atoms with E-state index in [0.29, 0.717) is 6.04 Å². The van der Waals surface area contributed by atoms with E-state index < -0.39 is 0 Å². The van der Waals surface area contributed by atoms with E-state index in [-0.39, 0.29) is 0 Å². The highest BCUT2D eigenvalue weighted by Gasteiger charge is 2.22. The topological polar surface area (TPSA) is 12.0 Å². The van der Waals surface area contributed by atoms with Gasteiger partial charge in [-0.05, 0) is 31.6 Å². The third kappa shape index (κ3) is 4.14. The van der Waals surface area contributed by atoms with Crippen LogP contribution in [0.1, 0.15) is 66.2 Å². The molecule has 0 aliphatic heterocycles. The Morgan fingerprint density at radius 3 is 2.47 bits per heavy atom. The molecule has 1 aliphatic rings. The Morgan fingerprint density at radius 1 is 1.13 bits per heavy atom. The number of hydrogen-bond acceptors (Lipinski definition) is 1. The molecule has 4 unspecified atom stereocenters. The second kappa shape index (κ2) is 6.52. The first kappa shape index (κ1) is 13.0. The molecular weight excluding hydrogens is 182 g/mol. The molecule has 4 atom stereocenters. The lowest BCUT2D eigenvalue weighted by molar-refractivity contribution is 0.283. The molecule has 1 aliphatic carbocycles. The van der Waals surface area contributed by atoms with Crippen molar-refractivity contribution in [2.75, 3.05) is 0 Å². The molecule has 1 saturated carbocycles. The van der Waals surface area contributed by atoms with Crippen molar-refractivity contribution < 1.29 is 0 Å². The number of nitrogens with one attached hydrogen (secondary N) is 1. The molecule has 90 valence electrons. The van der Waals surface area contributed by atoms with Crippen LogP contribution in [0.3, 0.4) is 0 Å². The summed E-state index contributed by atoms with van der Waals surface area (Å²) >= 11 is 0. The largest absolute Gasteiger partial charge is 0.311 e. The van der Waals surface area contributed by atoms with Gasteiger partial charge < -0.3 is 5.32 Å². The van der Waals surface area contributed by atoms with E-state index in [1.807, 2.05) is 0 Å². The van der Waals surface area contributed by atoms with Crippen LogP contribution in [-0.4, -0.2) is 12.1 Å². The molecule has 0 aromatic carbocycles. The highest BCUT2D eigenvalue weighted by atomic mass is 15.0. The van der Waals surface area contributed by atoms with Gasteiger partial charge in [-0.15, -0.1) is 0 Å². The molecule has 1 rings (SSSR count). The lowest BCUT2D eigenvalue weighted by Crippen LogP contribution is -2.43. The van der Waals surface area contributed by atoms with Crippen LogP contribution in [0.4, 0.5) is 0 Å². The van der Waals surface area contributed by atoms with Crippen LogP contribution < -0.4 is 5.32 Å². The van der Waals surface area contributed by atoms with Crippen molar-refractivity contribution >= 4 is 0 Å². The zero-order valence-corrected chi connectivity index (χ0v) is 11.1. The monoisotopic (exact) mass is 211 g/mol. The maximum absolute atomic E-state index is 3.86. The Balaban J connectivity index is 2.40. The average Bonchev–Trinajstić information content (AvgIpc) is 2.43. The van der Waals surface area contributed by atoms with Gasteiger partial charge in [0.15, 0.2) is 0 Å². The van der Waals surface area contributed by atoms with Crippen LogP contribution in [-0.2, 0) is 0 Å². The Kier molecular flexibility index (Phi) is 5.66. The second-order valence-corrected chi connectivity index (χ2v) is 5.56. The van der Waals surface area contributed by atoms with Gasteiger partial charge in [-0.2, -0.15) is 0 Å². The van der Waals surface area contributed by atoms with E-state index in [0.717, 1.165) is 17.9 Å². The SMILES string of the molecule is CCC(C)C(C)NC1CCCCCC1C. The van der Waals surface area contributed by atoms with Crippen molar-refractivity contribution in [3.8, 4) is 0 Å². The van der Waals surface area contributed by atoms with Crippen LogP contribution >= 0.6 is 0 Å². The maximum atomic E-state index is 3.86. The molecule has 1 heteroatoms. The molecule has 1 fully saturated rings. The molecule has 1 nitrogen and oxygen atoms in total.